The number of hydrogen-bond donors (Lipinski definition) is 0. The molecule has 1 amide bonds. The van der Waals surface area contributed by atoms with Gasteiger partial charge in [0.05, 0.1) is 6.10 Å². The van der Waals surface area contributed by atoms with Gasteiger partial charge in [-0.15, -0.1) is 0 Å². The molecule has 0 saturated carbocycles. The average molecular weight is 369 g/mol. The number of carbonyl (C=O) groups excluding carboxylic acids is 1. The topological polar surface area (TPSA) is 72.9 Å². The van der Waals surface area contributed by atoms with E-state index in [-0.39, 0.29) is 17.9 Å². The van der Waals surface area contributed by atoms with Crippen LogP contribution in [-0.4, -0.2) is 43.7 Å². The maximum Gasteiger partial charge on any atom is 0.410 e. The third-order valence-electron chi connectivity index (χ3n) is 3.93. The summed E-state index contributed by atoms with van der Waals surface area (Å²) in [5, 5.41) is 0. The van der Waals surface area contributed by atoms with Gasteiger partial charge in [0.2, 0.25) is 0 Å². The van der Waals surface area contributed by atoms with E-state index in [0.717, 1.165) is 0 Å². The summed E-state index contributed by atoms with van der Waals surface area (Å²) in [5.41, 5.74) is 0.144. The van der Waals surface area contributed by atoms with Crippen molar-refractivity contribution >= 4 is 16.2 Å². The summed E-state index contributed by atoms with van der Waals surface area (Å²) < 4.78 is 35.3. The molecule has 2 atom stereocenters. The van der Waals surface area contributed by atoms with Crippen LogP contribution in [0.5, 0.6) is 0 Å². The molecule has 0 spiro atoms. The van der Waals surface area contributed by atoms with E-state index < -0.39 is 21.8 Å². The van der Waals surface area contributed by atoms with Gasteiger partial charge in [0, 0.05) is 12.6 Å². The van der Waals surface area contributed by atoms with Crippen LogP contribution < -0.4 is 0 Å². The Morgan fingerprint density at radius 2 is 1.88 bits per heavy atom. The van der Waals surface area contributed by atoms with Gasteiger partial charge in [-0.25, -0.2) is 4.79 Å². The first-order valence-corrected chi connectivity index (χ1v) is 10.1. The number of likely N-dealkylation sites (tertiary alicyclic amines) is 1. The van der Waals surface area contributed by atoms with E-state index in [1.54, 1.807) is 29.2 Å². The van der Waals surface area contributed by atoms with Gasteiger partial charge < -0.3 is 9.64 Å². The Labute approximate surface area is 150 Å². The van der Waals surface area contributed by atoms with E-state index in [0.29, 0.717) is 24.9 Å². The van der Waals surface area contributed by atoms with Crippen molar-refractivity contribution in [3.63, 3.8) is 0 Å². The summed E-state index contributed by atoms with van der Waals surface area (Å²) in [6, 6.07) is 8.81. The monoisotopic (exact) mass is 369 g/mol. The molecule has 1 fully saturated rings. The van der Waals surface area contributed by atoms with Gasteiger partial charge in [-0.1, -0.05) is 30.3 Å². The lowest BCUT2D eigenvalue weighted by atomic mass is 10.0. The number of ether oxygens (including phenoxy) is 1. The van der Waals surface area contributed by atoms with Crippen LogP contribution in [0.15, 0.2) is 30.3 Å². The third-order valence-corrected chi connectivity index (χ3v) is 5.18. The molecular formula is C18H27NO5S. The van der Waals surface area contributed by atoms with Crippen molar-refractivity contribution in [1.82, 2.24) is 4.90 Å². The molecule has 0 bridgehead atoms. The molecule has 0 radical (unpaired) electrons. The minimum Gasteiger partial charge on any atom is -0.444 e. The molecule has 0 unspecified atom stereocenters. The van der Waals surface area contributed by atoms with E-state index in [1.165, 1.54) is 0 Å². The van der Waals surface area contributed by atoms with Crippen LogP contribution in [0.2, 0.25) is 0 Å². The number of amides is 1. The lowest BCUT2D eigenvalue weighted by Gasteiger charge is -2.37. The van der Waals surface area contributed by atoms with Crippen LogP contribution in [0, 0.1) is 0 Å². The predicted molar refractivity (Wildman–Crippen MR) is 95.6 cm³/mol. The van der Waals surface area contributed by atoms with Gasteiger partial charge in [-0.2, -0.15) is 8.42 Å². The molecule has 0 aliphatic carbocycles. The predicted octanol–water partition coefficient (Wildman–Crippen LogP) is 3.32. The van der Waals surface area contributed by atoms with Crippen LogP contribution >= 0.6 is 0 Å². The zero-order chi connectivity index (χ0) is 18.7. The summed E-state index contributed by atoms with van der Waals surface area (Å²) in [4.78, 5) is 13.8. The lowest BCUT2D eigenvalue weighted by molar-refractivity contribution is -0.000155. The van der Waals surface area contributed by atoms with E-state index in [1.807, 2.05) is 33.8 Å². The molecule has 7 heteroatoms. The van der Waals surface area contributed by atoms with Gasteiger partial charge in [-0.3, -0.25) is 4.18 Å². The largest absolute Gasteiger partial charge is 0.444 e. The van der Waals surface area contributed by atoms with Crippen LogP contribution in [0.4, 0.5) is 4.79 Å². The minimum atomic E-state index is -3.66. The summed E-state index contributed by atoms with van der Waals surface area (Å²) in [6.07, 6.45) is 0.151. The van der Waals surface area contributed by atoms with E-state index >= 15 is 0 Å². The molecule has 0 N–H and O–H groups in total. The van der Waals surface area contributed by atoms with Crippen molar-refractivity contribution in [3.05, 3.63) is 35.9 Å². The van der Waals surface area contributed by atoms with Crippen LogP contribution in [-0.2, 0) is 24.8 Å². The molecule has 140 valence electrons. The number of piperidine rings is 1. The second-order valence-corrected chi connectivity index (χ2v) is 9.05. The van der Waals surface area contributed by atoms with Gasteiger partial charge in [0.1, 0.15) is 11.4 Å². The fourth-order valence-electron chi connectivity index (χ4n) is 2.83. The molecule has 6 nitrogen and oxygen atoms in total. The van der Waals surface area contributed by atoms with Crippen molar-refractivity contribution in [1.29, 1.82) is 0 Å². The number of carbonyl (C=O) groups is 1. The van der Waals surface area contributed by atoms with Gasteiger partial charge in [0.25, 0.3) is 10.1 Å². The maximum absolute atomic E-state index is 12.3. The molecule has 1 aliphatic heterocycles. The highest BCUT2D eigenvalue weighted by Gasteiger charge is 2.34. The van der Waals surface area contributed by atoms with Crippen LogP contribution in [0.3, 0.4) is 0 Å². The van der Waals surface area contributed by atoms with Crippen LogP contribution in [0.1, 0.15) is 46.1 Å². The quantitative estimate of drug-likeness (QED) is 0.761. The van der Waals surface area contributed by atoms with Crippen molar-refractivity contribution in [2.75, 3.05) is 6.54 Å². The first-order valence-electron chi connectivity index (χ1n) is 8.50. The minimum absolute atomic E-state index is 0.138. The number of benzene rings is 1. The van der Waals surface area contributed by atoms with Gasteiger partial charge in [-0.05, 0) is 46.1 Å². The number of rotatable bonds is 4. The summed E-state index contributed by atoms with van der Waals surface area (Å²) >= 11 is 0. The molecule has 1 heterocycles. The maximum atomic E-state index is 12.3. The second-order valence-electron chi connectivity index (χ2n) is 7.45. The molecule has 1 saturated heterocycles. The van der Waals surface area contributed by atoms with E-state index in [2.05, 4.69) is 0 Å². The summed E-state index contributed by atoms with van der Waals surface area (Å²) in [5.74, 6) is -0.144. The smallest absolute Gasteiger partial charge is 0.410 e. The molecule has 1 aromatic carbocycles. The Morgan fingerprint density at radius 3 is 2.44 bits per heavy atom. The first kappa shape index (κ1) is 19.7. The number of hydrogen-bond acceptors (Lipinski definition) is 5. The third kappa shape index (κ3) is 6.32. The fraction of sp³-hybridized carbons (Fsp3) is 0.611. The molecular weight excluding hydrogens is 342 g/mol. The SMILES string of the molecule is C[C@H]1C[C@@H](OS(=O)(=O)Cc2ccccc2)CCN1C(=O)OC(C)(C)C. The van der Waals surface area contributed by atoms with E-state index in [4.69, 9.17) is 8.92 Å². The van der Waals surface area contributed by atoms with Gasteiger partial charge in [0.15, 0.2) is 0 Å². The Kier molecular flexibility index (Phi) is 6.11. The van der Waals surface area contributed by atoms with Crippen LogP contribution in [0.25, 0.3) is 0 Å². The zero-order valence-corrected chi connectivity index (χ0v) is 16.1. The second kappa shape index (κ2) is 7.74. The molecule has 0 aromatic heterocycles. The summed E-state index contributed by atoms with van der Waals surface area (Å²) in [6.45, 7) is 7.76. The van der Waals surface area contributed by atoms with E-state index in [9.17, 15) is 13.2 Å². The lowest BCUT2D eigenvalue weighted by Crippen LogP contribution is -2.48. The molecule has 2 rings (SSSR count). The Morgan fingerprint density at radius 1 is 1.24 bits per heavy atom. The zero-order valence-electron chi connectivity index (χ0n) is 15.3. The highest BCUT2D eigenvalue weighted by atomic mass is 32.2. The molecule has 1 aromatic rings. The first-order chi connectivity index (χ1) is 11.6. The highest BCUT2D eigenvalue weighted by molar-refractivity contribution is 7.85. The van der Waals surface area contributed by atoms with Crippen molar-refractivity contribution < 1.29 is 22.1 Å². The Hall–Kier alpha value is -1.60. The molecule has 25 heavy (non-hydrogen) atoms. The molecule has 1 aliphatic rings. The standard InChI is InChI=1S/C18H27NO5S/c1-14-12-16(10-11-19(14)17(20)23-18(2,3)4)24-25(21,22)13-15-8-6-5-7-9-15/h5-9,14,16H,10-13H2,1-4H3/t14-,16-/m0/s1. The van der Waals surface area contributed by atoms with Crippen molar-refractivity contribution in [2.24, 2.45) is 0 Å². The Balaban J connectivity index is 1.91. The van der Waals surface area contributed by atoms with Gasteiger partial charge >= 0.3 is 6.09 Å². The average Bonchev–Trinajstić information content (AvgIpc) is 2.45. The fourth-order valence-corrected chi connectivity index (χ4v) is 4.09. The normalized spacial score (nSPS) is 21.8. The van der Waals surface area contributed by atoms with Crippen molar-refractivity contribution in [3.8, 4) is 0 Å². The Bertz CT molecular complexity index is 681. The number of nitrogens with zero attached hydrogens (tertiary/aromatic N) is 1. The van der Waals surface area contributed by atoms with Crippen molar-refractivity contribution in [2.45, 2.75) is 64.0 Å². The summed E-state index contributed by atoms with van der Waals surface area (Å²) in [7, 11) is -3.66. The highest BCUT2D eigenvalue weighted by Crippen LogP contribution is 2.24.